The third-order valence-electron chi connectivity index (χ3n) is 5.06. The maximum Gasteiger partial charge on any atom is 0.251 e. The fourth-order valence-corrected chi connectivity index (χ4v) is 4.36. The van der Waals surface area contributed by atoms with Crippen molar-refractivity contribution in [3.63, 3.8) is 0 Å². The molecule has 0 spiro atoms. The molecule has 1 N–H and O–H groups in total. The van der Waals surface area contributed by atoms with Gasteiger partial charge in [-0.2, -0.15) is 0 Å². The van der Waals surface area contributed by atoms with Crippen molar-refractivity contribution in [2.45, 2.75) is 19.9 Å². The summed E-state index contributed by atoms with van der Waals surface area (Å²) in [6, 6.07) is 18.1. The van der Waals surface area contributed by atoms with Crippen LogP contribution in [0.25, 0.3) is 0 Å². The molecule has 0 unspecified atom stereocenters. The summed E-state index contributed by atoms with van der Waals surface area (Å²) in [5.74, 6) is -0.526. The topological polar surface area (TPSA) is 66.5 Å². The second kappa shape index (κ2) is 10.1. The molecule has 168 valence electrons. The van der Waals surface area contributed by atoms with Gasteiger partial charge in [0.1, 0.15) is 5.82 Å². The molecular weight excluding hydrogens is 451 g/mol. The number of benzene rings is 3. The molecule has 0 radical (unpaired) electrons. The Kier molecular flexibility index (Phi) is 7.53. The number of anilines is 1. The number of hydrogen-bond donors (Lipinski definition) is 1. The zero-order valence-corrected chi connectivity index (χ0v) is 19.4. The van der Waals surface area contributed by atoms with Crippen LogP contribution in [0.15, 0.2) is 66.7 Å². The first-order valence-corrected chi connectivity index (χ1v) is 12.2. The van der Waals surface area contributed by atoms with Gasteiger partial charge < -0.3 is 5.32 Å². The molecule has 3 rings (SSSR count). The third kappa shape index (κ3) is 6.08. The lowest BCUT2D eigenvalue weighted by atomic mass is 10.1. The fraction of sp³-hybridized carbons (Fsp3) is 0.208. The summed E-state index contributed by atoms with van der Waals surface area (Å²) in [6.07, 6.45) is 1.74. The van der Waals surface area contributed by atoms with E-state index in [1.54, 1.807) is 61.5 Å². The highest BCUT2D eigenvalue weighted by molar-refractivity contribution is 7.92. The van der Waals surface area contributed by atoms with Gasteiger partial charge >= 0.3 is 0 Å². The van der Waals surface area contributed by atoms with Crippen LogP contribution in [0.5, 0.6) is 0 Å². The van der Waals surface area contributed by atoms with E-state index in [0.717, 1.165) is 17.4 Å². The van der Waals surface area contributed by atoms with Crippen molar-refractivity contribution in [3.05, 3.63) is 99.8 Å². The monoisotopic (exact) mass is 474 g/mol. The highest BCUT2D eigenvalue weighted by atomic mass is 35.5. The van der Waals surface area contributed by atoms with E-state index in [4.69, 9.17) is 11.6 Å². The van der Waals surface area contributed by atoms with E-state index in [1.165, 1.54) is 16.4 Å². The molecule has 0 atom stereocenters. The number of amides is 1. The van der Waals surface area contributed by atoms with Crippen LogP contribution < -0.4 is 9.62 Å². The summed E-state index contributed by atoms with van der Waals surface area (Å²) in [5.41, 5.74) is 3.33. The fourth-order valence-electron chi connectivity index (χ4n) is 3.25. The number of carbonyl (C=O) groups excluding carboxylic acids is 1. The second-order valence-corrected chi connectivity index (χ2v) is 9.80. The molecule has 0 aliphatic heterocycles. The molecule has 0 aromatic heterocycles. The van der Waals surface area contributed by atoms with Gasteiger partial charge in [0.15, 0.2) is 0 Å². The lowest BCUT2D eigenvalue weighted by Crippen LogP contribution is -2.30. The first-order chi connectivity index (χ1) is 15.1. The summed E-state index contributed by atoms with van der Waals surface area (Å²) < 4.78 is 39.1. The van der Waals surface area contributed by atoms with Gasteiger partial charge in [-0.15, -0.1) is 0 Å². The number of rotatable bonds is 8. The molecule has 0 aliphatic carbocycles. The highest BCUT2D eigenvalue weighted by Gasteiger charge is 2.20. The summed E-state index contributed by atoms with van der Waals surface area (Å²) in [7, 11) is -3.55. The molecule has 3 aromatic rings. The number of nitrogens with one attached hydrogen (secondary N) is 1. The molecule has 1 amide bonds. The van der Waals surface area contributed by atoms with E-state index in [-0.39, 0.29) is 18.3 Å². The SMILES string of the molecule is Cc1c(Cl)cccc1N(Cc1ccc(C(=O)NCCc2ccc(F)cc2)cc1)S(C)(=O)=O. The Morgan fingerprint density at radius 1 is 1.00 bits per heavy atom. The lowest BCUT2D eigenvalue weighted by Gasteiger charge is -2.24. The van der Waals surface area contributed by atoms with Crippen LogP contribution >= 0.6 is 11.6 Å². The van der Waals surface area contributed by atoms with Gasteiger partial charge in [0.2, 0.25) is 10.0 Å². The molecule has 0 saturated heterocycles. The third-order valence-corrected chi connectivity index (χ3v) is 6.60. The number of halogens is 2. The van der Waals surface area contributed by atoms with Crippen LogP contribution in [0.1, 0.15) is 27.0 Å². The minimum Gasteiger partial charge on any atom is -0.352 e. The van der Waals surface area contributed by atoms with Crippen molar-refractivity contribution in [3.8, 4) is 0 Å². The van der Waals surface area contributed by atoms with Crippen LogP contribution in [-0.2, 0) is 23.0 Å². The van der Waals surface area contributed by atoms with Gasteiger partial charge in [-0.25, -0.2) is 12.8 Å². The average molecular weight is 475 g/mol. The molecule has 0 heterocycles. The first kappa shape index (κ1) is 23.8. The lowest BCUT2D eigenvalue weighted by molar-refractivity contribution is 0.0954. The van der Waals surface area contributed by atoms with Crippen molar-refractivity contribution >= 4 is 33.2 Å². The normalized spacial score (nSPS) is 11.2. The molecule has 8 heteroatoms. The predicted octanol–water partition coefficient (Wildman–Crippen LogP) is 4.73. The zero-order chi connectivity index (χ0) is 23.3. The van der Waals surface area contributed by atoms with Gasteiger partial charge in [0.25, 0.3) is 5.91 Å². The van der Waals surface area contributed by atoms with Crippen molar-refractivity contribution in [2.75, 3.05) is 17.1 Å². The summed E-state index contributed by atoms with van der Waals surface area (Å²) in [6.45, 7) is 2.31. The Bertz CT molecular complexity index is 1200. The number of hydrogen-bond acceptors (Lipinski definition) is 3. The van der Waals surface area contributed by atoms with Gasteiger partial charge in [-0.3, -0.25) is 9.10 Å². The average Bonchev–Trinajstić information content (AvgIpc) is 2.75. The Hall–Kier alpha value is -2.90. The van der Waals surface area contributed by atoms with Gasteiger partial charge in [-0.1, -0.05) is 41.9 Å². The predicted molar refractivity (Wildman–Crippen MR) is 126 cm³/mol. The molecule has 0 saturated carbocycles. The number of carbonyl (C=O) groups is 1. The van der Waals surface area contributed by atoms with E-state index in [2.05, 4.69) is 5.32 Å². The summed E-state index contributed by atoms with van der Waals surface area (Å²) in [5, 5.41) is 3.32. The highest BCUT2D eigenvalue weighted by Crippen LogP contribution is 2.29. The minimum absolute atomic E-state index is 0.118. The standard InChI is InChI=1S/C24H24ClFN2O3S/c1-17-22(25)4-3-5-23(17)28(32(2,30)31)16-19-6-10-20(11-7-19)24(29)27-15-14-18-8-12-21(26)13-9-18/h3-13H,14-16H2,1-2H3,(H,27,29). The van der Waals surface area contributed by atoms with E-state index < -0.39 is 10.0 Å². The van der Waals surface area contributed by atoms with E-state index in [1.807, 2.05) is 0 Å². The quantitative estimate of drug-likeness (QED) is 0.513. The Balaban J connectivity index is 1.66. The summed E-state index contributed by atoms with van der Waals surface area (Å²) >= 11 is 6.17. The van der Waals surface area contributed by atoms with Gasteiger partial charge in [-0.05, 0) is 66.4 Å². The van der Waals surface area contributed by atoms with E-state index >= 15 is 0 Å². The van der Waals surface area contributed by atoms with E-state index in [9.17, 15) is 17.6 Å². The Morgan fingerprint density at radius 2 is 1.62 bits per heavy atom. The van der Waals surface area contributed by atoms with Crippen molar-refractivity contribution < 1.29 is 17.6 Å². The van der Waals surface area contributed by atoms with Gasteiger partial charge in [0, 0.05) is 17.1 Å². The first-order valence-electron chi connectivity index (χ1n) is 9.99. The number of sulfonamides is 1. The van der Waals surface area contributed by atoms with Crippen LogP contribution in [0.4, 0.5) is 10.1 Å². The Morgan fingerprint density at radius 3 is 2.25 bits per heavy atom. The molecule has 0 fully saturated rings. The van der Waals surface area contributed by atoms with Crippen LogP contribution in [-0.4, -0.2) is 27.1 Å². The second-order valence-electron chi connectivity index (χ2n) is 7.48. The van der Waals surface area contributed by atoms with Crippen LogP contribution in [0.3, 0.4) is 0 Å². The maximum atomic E-state index is 13.0. The summed E-state index contributed by atoms with van der Waals surface area (Å²) in [4.78, 5) is 12.4. The maximum absolute atomic E-state index is 13.0. The number of nitrogens with zero attached hydrogens (tertiary/aromatic N) is 1. The van der Waals surface area contributed by atoms with Crippen molar-refractivity contribution in [2.24, 2.45) is 0 Å². The molecule has 5 nitrogen and oxygen atoms in total. The molecule has 0 bridgehead atoms. The van der Waals surface area contributed by atoms with Crippen LogP contribution in [0, 0.1) is 12.7 Å². The largest absolute Gasteiger partial charge is 0.352 e. The van der Waals surface area contributed by atoms with Crippen molar-refractivity contribution in [1.82, 2.24) is 5.32 Å². The minimum atomic E-state index is -3.55. The zero-order valence-electron chi connectivity index (χ0n) is 17.8. The Labute approximate surface area is 192 Å². The molecule has 32 heavy (non-hydrogen) atoms. The smallest absolute Gasteiger partial charge is 0.251 e. The van der Waals surface area contributed by atoms with Gasteiger partial charge in [0.05, 0.1) is 18.5 Å². The molecule has 0 aliphatic rings. The molecular formula is C24H24ClFN2O3S. The van der Waals surface area contributed by atoms with E-state index in [0.29, 0.717) is 34.8 Å². The van der Waals surface area contributed by atoms with Crippen molar-refractivity contribution in [1.29, 1.82) is 0 Å². The molecule has 3 aromatic carbocycles. The van der Waals surface area contributed by atoms with Crippen LogP contribution in [0.2, 0.25) is 5.02 Å².